The second-order valence-electron chi connectivity index (χ2n) is 8.49. The van der Waals surface area contributed by atoms with Crippen LogP contribution in [0.15, 0.2) is 72.0 Å². The number of pyridine rings is 2. The number of nitrogens with one attached hydrogen (secondary N) is 1. The number of rotatable bonds is 6. The monoisotopic (exact) mass is 500 g/mol. The molecule has 0 atom stereocenters. The predicted molar refractivity (Wildman–Crippen MR) is 130 cm³/mol. The number of carbonyl (C=O) groups is 1. The van der Waals surface area contributed by atoms with Gasteiger partial charge in [0.15, 0.2) is 28.7 Å². The van der Waals surface area contributed by atoms with Crippen molar-refractivity contribution < 1.29 is 23.0 Å². The van der Waals surface area contributed by atoms with Gasteiger partial charge in [-0.25, -0.2) is 18.7 Å². The first-order chi connectivity index (χ1) is 18.0. The maximum atomic E-state index is 14.9. The van der Waals surface area contributed by atoms with Crippen LogP contribution in [0.4, 0.5) is 8.78 Å². The minimum absolute atomic E-state index is 0.0408. The number of ether oxygens (including phenoxy) is 2. The first kappa shape index (κ1) is 22.6. The highest BCUT2D eigenvalue weighted by Gasteiger charge is 2.27. The molecule has 0 fully saturated rings. The van der Waals surface area contributed by atoms with E-state index < -0.39 is 23.0 Å². The van der Waals surface area contributed by atoms with Crippen molar-refractivity contribution in [3.8, 4) is 22.9 Å². The summed E-state index contributed by atoms with van der Waals surface area (Å²) < 4.78 is 41.0. The molecule has 37 heavy (non-hydrogen) atoms. The summed E-state index contributed by atoms with van der Waals surface area (Å²) in [7, 11) is 0. The van der Waals surface area contributed by atoms with E-state index in [-0.39, 0.29) is 23.5 Å². The first-order valence-electron chi connectivity index (χ1n) is 11.4. The molecular formula is C27H18F2N4O4. The second-order valence-corrected chi connectivity index (χ2v) is 8.49. The Morgan fingerprint density at radius 3 is 2.73 bits per heavy atom. The Labute approximate surface area is 208 Å². The smallest absolute Gasteiger partial charge is 0.269 e. The fourth-order valence-electron chi connectivity index (χ4n) is 4.34. The number of hydrogen-bond acceptors (Lipinski definition) is 6. The number of benzene rings is 2. The highest BCUT2D eigenvalue weighted by Crippen LogP contribution is 2.31. The molecule has 5 aromatic rings. The summed E-state index contributed by atoms with van der Waals surface area (Å²) in [4.78, 5) is 37.7. The molecule has 2 aromatic carbocycles. The Morgan fingerprint density at radius 1 is 1.08 bits per heavy atom. The van der Waals surface area contributed by atoms with Gasteiger partial charge in [0.1, 0.15) is 22.6 Å². The normalized spacial score (nSPS) is 12.4. The van der Waals surface area contributed by atoms with Crippen molar-refractivity contribution in [2.24, 2.45) is 0 Å². The second kappa shape index (κ2) is 8.98. The summed E-state index contributed by atoms with van der Waals surface area (Å²) in [5.74, 6) is -1.07. The third-order valence-corrected chi connectivity index (χ3v) is 6.11. The van der Waals surface area contributed by atoms with Crippen LogP contribution in [0.1, 0.15) is 21.5 Å². The molecule has 1 aliphatic rings. The van der Waals surface area contributed by atoms with Gasteiger partial charge >= 0.3 is 0 Å². The van der Waals surface area contributed by atoms with Crippen LogP contribution in [-0.2, 0) is 12.8 Å². The summed E-state index contributed by atoms with van der Waals surface area (Å²) in [6.45, 7) is 0.335. The van der Waals surface area contributed by atoms with E-state index in [1.165, 1.54) is 53.5 Å². The molecule has 8 nitrogen and oxygen atoms in total. The highest BCUT2D eigenvalue weighted by atomic mass is 19.1. The lowest BCUT2D eigenvalue weighted by molar-refractivity contribution is 0.0988. The summed E-state index contributed by atoms with van der Waals surface area (Å²) >= 11 is 0. The van der Waals surface area contributed by atoms with Crippen LogP contribution in [0.5, 0.6) is 17.2 Å². The van der Waals surface area contributed by atoms with E-state index in [2.05, 4.69) is 15.0 Å². The van der Waals surface area contributed by atoms with E-state index in [1.54, 1.807) is 18.3 Å². The van der Waals surface area contributed by atoms with Crippen molar-refractivity contribution >= 4 is 16.9 Å². The SMILES string of the molecule is O=C(Cc1ccc(Oc2ccnc3nc[nH]c23)c(F)c1)c1c2c(cn(-c3ccc(F)cc3)c1=O)CCO2. The minimum Gasteiger partial charge on any atom is -0.492 e. The topological polar surface area (TPSA) is 99.1 Å². The van der Waals surface area contributed by atoms with Crippen molar-refractivity contribution in [1.82, 2.24) is 19.5 Å². The molecule has 184 valence electrons. The average Bonchev–Trinajstić information content (AvgIpc) is 3.56. The molecular weight excluding hydrogens is 482 g/mol. The van der Waals surface area contributed by atoms with Crippen LogP contribution in [-0.4, -0.2) is 31.9 Å². The highest BCUT2D eigenvalue weighted by molar-refractivity contribution is 6.00. The van der Waals surface area contributed by atoms with Crippen LogP contribution in [0, 0.1) is 11.6 Å². The van der Waals surface area contributed by atoms with Crippen LogP contribution < -0.4 is 15.0 Å². The summed E-state index contributed by atoms with van der Waals surface area (Å²) in [5.41, 5.74) is 1.74. The van der Waals surface area contributed by atoms with E-state index in [9.17, 15) is 18.4 Å². The fourth-order valence-corrected chi connectivity index (χ4v) is 4.34. The molecule has 3 aromatic heterocycles. The summed E-state index contributed by atoms with van der Waals surface area (Å²) in [5, 5.41) is 0. The third kappa shape index (κ3) is 4.12. The first-order valence-corrected chi connectivity index (χ1v) is 11.4. The lowest BCUT2D eigenvalue weighted by atomic mass is 10.0. The third-order valence-electron chi connectivity index (χ3n) is 6.11. The molecule has 6 rings (SSSR count). The molecule has 1 N–H and O–H groups in total. The lowest BCUT2D eigenvalue weighted by Gasteiger charge is -2.13. The molecule has 0 spiro atoms. The van der Waals surface area contributed by atoms with Crippen molar-refractivity contribution in [1.29, 1.82) is 0 Å². The Kier molecular flexibility index (Phi) is 5.48. The summed E-state index contributed by atoms with van der Waals surface area (Å²) in [6, 6.07) is 11.2. The van der Waals surface area contributed by atoms with Gasteiger partial charge in [-0.15, -0.1) is 0 Å². The molecule has 0 amide bonds. The Morgan fingerprint density at radius 2 is 1.92 bits per heavy atom. The number of aromatic amines is 1. The van der Waals surface area contributed by atoms with E-state index in [0.717, 1.165) is 0 Å². The largest absolute Gasteiger partial charge is 0.492 e. The van der Waals surface area contributed by atoms with Gasteiger partial charge in [-0.1, -0.05) is 6.07 Å². The Bertz CT molecular complexity index is 1730. The fraction of sp³-hybridized carbons (Fsp3) is 0.111. The number of ketones is 1. The van der Waals surface area contributed by atoms with Gasteiger partial charge in [-0.3, -0.25) is 14.2 Å². The van der Waals surface area contributed by atoms with Gasteiger partial charge in [0.05, 0.1) is 12.9 Å². The van der Waals surface area contributed by atoms with Crippen molar-refractivity contribution in [3.63, 3.8) is 0 Å². The van der Waals surface area contributed by atoms with Crippen molar-refractivity contribution in [2.75, 3.05) is 6.61 Å². The number of halogens is 2. The van der Waals surface area contributed by atoms with E-state index >= 15 is 0 Å². The molecule has 4 heterocycles. The summed E-state index contributed by atoms with van der Waals surface area (Å²) in [6.07, 6.45) is 4.87. The van der Waals surface area contributed by atoms with Gasteiger partial charge < -0.3 is 14.5 Å². The van der Waals surface area contributed by atoms with Crippen LogP contribution in [0.2, 0.25) is 0 Å². The van der Waals surface area contributed by atoms with Crippen LogP contribution in [0.3, 0.4) is 0 Å². The van der Waals surface area contributed by atoms with Gasteiger partial charge in [-0.2, -0.15) is 0 Å². The number of nitrogens with zero attached hydrogens (tertiary/aromatic N) is 3. The van der Waals surface area contributed by atoms with Crippen LogP contribution >= 0.6 is 0 Å². The van der Waals surface area contributed by atoms with Gasteiger partial charge in [0.2, 0.25) is 0 Å². The Balaban J connectivity index is 1.30. The standard InChI is InChI=1S/C27H18F2N4O4/c28-17-2-4-18(5-3-17)33-13-16-8-10-36-25(16)23(27(33)35)20(34)12-15-1-6-21(19(29)11-15)37-22-7-9-30-26-24(22)31-14-32-26/h1-7,9,11,13-14H,8,10,12H2,(H,30,31,32). The Hall–Kier alpha value is -4.86. The molecule has 0 radical (unpaired) electrons. The van der Waals surface area contributed by atoms with Crippen molar-refractivity contribution in [2.45, 2.75) is 12.8 Å². The van der Waals surface area contributed by atoms with E-state index in [4.69, 9.17) is 9.47 Å². The number of hydrogen-bond donors (Lipinski definition) is 1. The molecule has 0 aliphatic carbocycles. The molecule has 0 saturated carbocycles. The maximum absolute atomic E-state index is 14.9. The molecule has 0 bridgehead atoms. The average molecular weight is 500 g/mol. The van der Waals surface area contributed by atoms with Crippen molar-refractivity contribution in [3.05, 3.63) is 106 Å². The quantitative estimate of drug-likeness (QED) is 0.344. The number of imidazole rings is 1. The molecule has 1 aliphatic heterocycles. The maximum Gasteiger partial charge on any atom is 0.269 e. The molecule has 0 unspecified atom stereocenters. The minimum atomic E-state index is -0.673. The van der Waals surface area contributed by atoms with Crippen LogP contribution in [0.25, 0.3) is 16.9 Å². The molecule has 10 heteroatoms. The number of fused-ring (bicyclic) bond motifs is 2. The van der Waals surface area contributed by atoms with E-state index in [1.807, 2.05) is 0 Å². The molecule has 0 saturated heterocycles. The van der Waals surface area contributed by atoms with Gasteiger partial charge in [-0.05, 0) is 42.0 Å². The number of aromatic nitrogens is 4. The predicted octanol–water partition coefficient (Wildman–Crippen LogP) is 4.54. The zero-order valence-corrected chi connectivity index (χ0v) is 19.2. The zero-order chi connectivity index (χ0) is 25.5. The van der Waals surface area contributed by atoms with Gasteiger partial charge in [0.25, 0.3) is 5.56 Å². The van der Waals surface area contributed by atoms with E-state index in [0.29, 0.717) is 46.8 Å². The zero-order valence-electron chi connectivity index (χ0n) is 19.2. The lowest BCUT2D eigenvalue weighted by Crippen LogP contribution is -2.27. The number of carbonyl (C=O) groups excluding carboxylic acids is 1. The van der Waals surface area contributed by atoms with Gasteiger partial charge in [0, 0.05) is 42.6 Å². The number of H-pyrrole nitrogens is 1. The number of Topliss-reactive ketones (excluding diaryl/α,β-unsaturated/α-hetero) is 1.